The van der Waals surface area contributed by atoms with Gasteiger partial charge < -0.3 is 15.0 Å². The van der Waals surface area contributed by atoms with Crippen molar-refractivity contribution in [3.63, 3.8) is 0 Å². The highest BCUT2D eigenvalue weighted by atomic mass is 16.3. The Hall–Kier alpha value is -2.58. The normalized spacial score (nSPS) is 17.3. The van der Waals surface area contributed by atoms with Crippen molar-refractivity contribution in [2.24, 2.45) is 13.0 Å². The van der Waals surface area contributed by atoms with Gasteiger partial charge in [0.1, 0.15) is 17.4 Å². The van der Waals surface area contributed by atoms with Gasteiger partial charge in [0.25, 0.3) is 5.91 Å². The van der Waals surface area contributed by atoms with Crippen molar-refractivity contribution in [2.75, 3.05) is 5.32 Å². The first-order chi connectivity index (χ1) is 12.5. The molecule has 5 nitrogen and oxygen atoms in total. The maximum atomic E-state index is 13.1. The maximum absolute atomic E-state index is 13.1. The van der Waals surface area contributed by atoms with Crippen LogP contribution in [0.15, 0.2) is 42.6 Å². The Morgan fingerprint density at radius 3 is 2.62 bits per heavy atom. The molecule has 1 saturated carbocycles. The number of amides is 1. The van der Waals surface area contributed by atoms with Gasteiger partial charge in [0.2, 0.25) is 0 Å². The molecule has 1 unspecified atom stereocenters. The lowest BCUT2D eigenvalue weighted by atomic mass is 9.73. The molecule has 0 saturated heterocycles. The molecule has 1 aliphatic carbocycles. The lowest BCUT2D eigenvalue weighted by Crippen LogP contribution is -2.51. The SMILES string of the molecule is Cn1cc(NC(=O)C(O)(Cc2ccccc2)C2CCCCC2)cc1C#N. The van der Waals surface area contributed by atoms with Crippen LogP contribution in [-0.4, -0.2) is 21.2 Å². The van der Waals surface area contributed by atoms with E-state index in [4.69, 9.17) is 5.26 Å². The van der Waals surface area contributed by atoms with Crippen molar-refractivity contribution >= 4 is 11.6 Å². The maximum Gasteiger partial charge on any atom is 0.257 e. The quantitative estimate of drug-likeness (QED) is 0.867. The van der Waals surface area contributed by atoms with Crippen molar-refractivity contribution in [1.82, 2.24) is 4.57 Å². The molecule has 1 aromatic heterocycles. The van der Waals surface area contributed by atoms with Crippen LogP contribution in [0.25, 0.3) is 0 Å². The summed E-state index contributed by atoms with van der Waals surface area (Å²) in [6.07, 6.45) is 6.94. The second-order valence-electron chi connectivity index (χ2n) is 7.21. The fourth-order valence-corrected chi connectivity index (χ4v) is 3.88. The van der Waals surface area contributed by atoms with E-state index >= 15 is 0 Å². The molecule has 0 bridgehead atoms. The molecule has 1 aromatic carbocycles. The van der Waals surface area contributed by atoms with E-state index in [1.165, 1.54) is 0 Å². The second-order valence-corrected chi connectivity index (χ2v) is 7.21. The summed E-state index contributed by atoms with van der Waals surface area (Å²) in [7, 11) is 1.76. The van der Waals surface area contributed by atoms with Crippen molar-refractivity contribution in [2.45, 2.75) is 44.1 Å². The van der Waals surface area contributed by atoms with Crippen LogP contribution in [0, 0.1) is 17.2 Å². The first-order valence-electron chi connectivity index (χ1n) is 9.17. The van der Waals surface area contributed by atoms with E-state index in [1.807, 2.05) is 30.3 Å². The Balaban J connectivity index is 1.85. The standard InChI is InChI=1S/C21H25N3O2/c1-24-15-18(12-19(24)14-22)23-20(25)21(26,17-10-6-3-7-11-17)13-16-8-4-2-5-9-16/h2,4-5,8-9,12,15,17,26H,3,6-7,10-11,13H2,1H3,(H,23,25). The molecule has 1 atom stereocenters. The molecule has 0 spiro atoms. The molecule has 1 aliphatic rings. The predicted octanol–water partition coefficient (Wildman–Crippen LogP) is 3.39. The summed E-state index contributed by atoms with van der Waals surface area (Å²) in [6.45, 7) is 0. The van der Waals surface area contributed by atoms with Gasteiger partial charge in [-0.1, -0.05) is 49.6 Å². The highest BCUT2D eigenvalue weighted by molar-refractivity contribution is 5.97. The molecule has 2 N–H and O–H groups in total. The van der Waals surface area contributed by atoms with Crippen molar-refractivity contribution in [3.05, 3.63) is 53.9 Å². The number of benzene rings is 1. The Kier molecular flexibility index (Phi) is 5.43. The second kappa shape index (κ2) is 7.76. The zero-order valence-electron chi connectivity index (χ0n) is 15.1. The number of nitrogens with zero attached hydrogens (tertiary/aromatic N) is 2. The third kappa shape index (κ3) is 3.81. The van der Waals surface area contributed by atoms with E-state index in [2.05, 4.69) is 11.4 Å². The summed E-state index contributed by atoms with van der Waals surface area (Å²) in [5.41, 5.74) is 0.493. The highest BCUT2D eigenvalue weighted by Gasteiger charge is 2.44. The van der Waals surface area contributed by atoms with E-state index in [0.29, 0.717) is 17.8 Å². The predicted molar refractivity (Wildman–Crippen MR) is 100 cm³/mol. The van der Waals surface area contributed by atoms with E-state index < -0.39 is 5.60 Å². The van der Waals surface area contributed by atoms with Gasteiger partial charge in [-0.3, -0.25) is 4.79 Å². The number of aryl methyl sites for hydroxylation is 1. The largest absolute Gasteiger partial charge is 0.379 e. The molecule has 2 aromatic rings. The number of nitrogens with one attached hydrogen (secondary N) is 1. The first-order valence-corrected chi connectivity index (χ1v) is 9.17. The molecule has 26 heavy (non-hydrogen) atoms. The van der Waals surface area contributed by atoms with Gasteiger partial charge in [0.05, 0.1) is 5.69 Å². The fraction of sp³-hybridized carbons (Fsp3) is 0.429. The Morgan fingerprint density at radius 2 is 2.00 bits per heavy atom. The minimum Gasteiger partial charge on any atom is -0.379 e. The zero-order valence-corrected chi connectivity index (χ0v) is 15.1. The number of aromatic nitrogens is 1. The number of rotatable bonds is 5. The fourth-order valence-electron chi connectivity index (χ4n) is 3.88. The van der Waals surface area contributed by atoms with Crippen LogP contribution < -0.4 is 5.32 Å². The van der Waals surface area contributed by atoms with Gasteiger partial charge in [-0.05, 0) is 30.4 Å². The molecule has 1 fully saturated rings. The van der Waals surface area contributed by atoms with Gasteiger partial charge in [-0.15, -0.1) is 0 Å². The average molecular weight is 351 g/mol. The van der Waals surface area contributed by atoms with Crippen molar-refractivity contribution in [1.29, 1.82) is 5.26 Å². The van der Waals surface area contributed by atoms with E-state index in [9.17, 15) is 9.90 Å². The zero-order chi connectivity index (χ0) is 18.6. The summed E-state index contributed by atoms with van der Waals surface area (Å²) >= 11 is 0. The third-order valence-electron chi connectivity index (χ3n) is 5.37. The van der Waals surface area contributed by atoms with Crippen LogP contribution in [0.1, 0.15) is 43.4 Å². The number of anilines is 1. The van der Waals surface area contributed by atoms with E-state index in [-0.39, 0.29) is 11.8 Å². The Morgan fingerprint density at radius 1 is 1.31 bits per heavy atom. The number of aliphatic hydroxyl groups is 1. The van der Waals surface area contributed by atoms with E-state index in [0.717, 1.165) is 37.7 Å². The Labute approximate surface area is 154 Å². The first kappa shape index (κ1) is 18.2. The summed E-state index contributed by atoms with van der Waals surface area (Å²) in [4.78, 5) is 13.1. The minimum atomic E-state index is -1.45. The van der Waals surface area contributed by atoms with Crippen LogP contribution in [-0.2, 0) is 18.3 Å². The number of carbonyl (C=O) groups excluding carboxylic acids is 1. The lowest BCUT2D eigenvalue weighted by Gasteiger charge is -2.37. The topological polar surface area (TPSA) is 78.1 Å². The van der Waals surface area contributed by atoms with Gasteiger partial charge >= 0.3 is 0 Å². The molecule has 1 heterocycles. The number of carbonyl (C=O) groups is 1. The summed E-state index contributed by atoms with van der Waals surface area (Å²) in [5, 5.41) is 23.4. The third-order valence-corrected chi connectivity index (χ3v) is 5.37. The van der Waals surface area contributed by atoms with Gasteiger partial charge in [-0.2, -0.15) is 5.26 Å². The Bertz CT molecular complexity index is 800. The molecule has 5 heteroatoms. The van der Waals surface area contributed by atoms with E-state index in [1.54, 1.807) is 23.9 Å². The van der Waals surface area contributed by atoms with Crippen molar-refractivity contribution < 1.29 is 9.90 Å². The molecular formula is C21H25N3O2. The average Bonchev–Trinajstić information content (AvgIpc) is 3.02. The highest BCUT2D eigenvalue weighted by Crippen LogP contribution is 2.36. The number of hydrogen-bond donors (Lipinski definition) is 2. The molecule has 1 amide bonds. The van der Waals surface area contributed by atoms with Crippen LogP contribution in [0.2, 0.25) is 0 Å². The molecule has 136 valence electrons. The summed E-state index contributed by atoms with van der Waals surface area (Å²) in [5.74, 6) is -0.445. The number of nitriles is 1. The molecule has 3 rings (SSSR count). The summed E-state index contributed by atoms with van der Waals surface area (Å²) in [6, 6.07) is 13.4. The van der Waals surface area contributed by atoms with Crippen LogP contribution in [0.4, 0.5) is 5.69 Å². The molecule has 0 aliphatic heterocycles. The van der Waals surface area contributed by atoms with Crippen LogP contribution >= 0.6 is 0 Å². The van der Waals surface area contributed by atoms with Gasteiger partial charge in [0.15, 0.2) is 0 Å². The molecular weight excluding hydrogens is 326 g/mol. The van der Waals surface area contributed by atoms with Crippen LogP contribution in [0.5, 0.6) is 0 Å². The van der Waals surface area contributed by atoms with Crippen molar-refractivity contribution in [3.8, 4) is 6.07 Å². The van der Waals surface area contributed by atoms with Gasteiger partial charge in [-0.25, -0.2) is 0 Å². The van der Waals surface area contributed by atoms with Crippen LogP contribution in [0.3, 0.4) is 0 Å². The lowest BCUT2D eigenvalue weighted by molar-refractivity contribution is -0.141. The minimum absolute atomic E-state index is 0.0596. The summed E-state index contributed by atoms with van der Waals surface area (Å²) < 4.78 is 1.66. The number of hydrogen-bond acceptors (Lipinski definition) is 3. The molecule has 0 radical (unpaired) electrons. The monoisotopic (exact) mass is 351 g/mol. The smallest absolute Gasteiger partial charge is 0.257 e. The van der Waals surface area contributed by atoms with Gasteiger partial charge in [0, 0.05) is 19.7 Å².